The van der Waals surface area contributed by atoms with Gasteiger partial charge in [-0.2, -0.15) is 16.9 Å². The first kappa shape index (κ1) is 22.1. The monoisotopic (exact) mass is 435 g/mol. The first-order chi connectivity index (χ1) is 14.5. The maximum atomic E-state index is 13.2. The Morgan fingerprint density at radius 1 is 1.23 bits per heavy atom. The summed E-state index contributed by atoms with van der Waals surface area (Å²) < 4.78 is 7.58. The van der Waals surface area contributed by atoms with Crippen LogP contribution in [0.25, 0.3) is 0 Å². The molecule has 1 aromatic heterocycles. The van der Waals surface area contributed by atoms with E-state index in [0.29, 0.717) is 11.7 Å². The Hall–Kier alpha value is -1.09. The number of aromatic nitrogens is 2. The average Bonchev–Trinajstić information content (AvgIpc) is 3.16. The second-order valence-electron chi connectivity index (χ2n) is 9.23. The largest absolute Gasteiger partial charge is 0.379 e. The summed E-state index contributed by atoms with van der Waals surface area (Å²) in [5.74, 6) is 2.19. The molecule has 0 spiro atoms. The molecule has 8 heteroatoms. The summed E-state index contributed by atoms with van der Waals surface area (Å²) >= 11 is 1.93. The van der Waals surface area contributed by atoms with Crippen LogP contribution in [0.1, 0.15) is 48.9 Å². The van der Waals surface area contributed by atoms with E-state index in [1.165, 1.54) is 11.3 Å². The van der Waals surface area contributed by atoms with Gasteiger partial charge in [0.25, 0.3) is 5.91 Å². The van der Waals surface area contributed by atoms with Gasteiger partial charge in [-0.15, -0.1) is 0 Å². The van der Waals surface area contributed by atoms with Crippen molar-refractivity contribution in [3.8, 4) is 0 Å². The fourth-order valence-electron chi connectivity index (χ4n) is 4.89. The smallest absolute Gasteiger partial charge is 0.274 e. The predicted octanol–water partition coefficient (Wildman–Crippen LogP) is 1.65. The van der Waals surface area contributed by atoms with Gasteiger partial charge < -0.3 is 15.0 Å². The zero-order chi connectivity index (χ0) is 21.1. The van der Waals surface area contributed by atoms with Gasteiger partial charge in [-0.3, -0.25) is 14.4 Å². The van der Waals surface area contributed by atoms with Gasteiger partial charge in [0, 0.05) is 73.6 Å². The third kappa shape index (κ3) is 4.71. The maximum Gasteiger partial charge on any atom is 0.274 e. The normalized spacial score (nSPS) is 23.4. The van der Waals surface area contributed by atoms with Crippen molar-refractivity contribution in [1.29, 1.82) is 0 Å². The first-order valence-electron chi connectivity index (χ1n) is 11.5. The van der Waals surface area contributed by atoms with Crippen molar-refractivity contribution < 1.29 is 9.53 Å². The lowest BCUT2D eigenvalue weighted by Crippen LogP contribution is -2.56. The van der Waals surface area contributed by atoms with Gasteiger partial charge in [-0.25, -0.2) is 0 Å². The van der Waals surface area contributed by atoms with Crippen LogP contribution in [0.3, 0.4) is 0 Å². The summed E-state index contributed by atoms with van der Waals surface area (Å²) in [5, 5.41) is 8.60. The van der Waals surface area contributed by atoms with Crippen LogP contribution in [-0.4, -0.2) is 94.5 Å². The number of carbonyl (C=O) groups is 1. The Morgan fingerprint density at radius 2 is 1.97 bits per heavy atom. The molecule has 3 heterocycles. The molecule has 0 aromatic carbocycles. The summed E-state index contributed by atoms with van der Waals surface area (Å²) in [7, 11) is 0. The molecule has 0 bridgehead atoms. The Bertz CT molecular complexity index is 738. The summed E-state index contributed by atoms with van der Waals surface area (Å²) in [4.78, 5) is 17.8. The molecule has 3 aliphatic rings. The number of aryl methyl sites for hydroxylation is 1. The second kappa shape index (κ2) is 9.59. The molecule has 1 aliphatic carbocycles. The molecule has 0 unspecified atom stereocenters. The molecule has 4 rings (SSSR count). The van der Waals surface area contributed by atoms with Crippen molar-refractivity contribution >= 4 is 17.7 Å². The minimum absolute atomic E-state index is 0.0990. The van der Waals surface area contributed by atoms with Crippen molar-refractivity contribution in [3.05, 3.63) is 17.0 Å². The third-order valence-electron chi connectivity index (χ3n) is 6.84. The number of hydrogen-bond acceptors (Lipinski definition) is 6. The van der Waals surface area contributed by atoms with Crippen LogP contribution in [0.15, 0.2) is 0 Å². The van der Waals surface area contributed by atoms with Crippen LogP contribution in [0, 0.1) is 0 Å². The Balaban J connectivity index is 1.44. The second-order valence-corrected chi connectivity index (χ2v) is 10.5. The van der Waals surface area contributed by atoms with Crippen molar-refractivity contribution in [2.45, 2.75) is 58.2 Å². The van der Waals surface area contributed by atoms with E-state index in [2.05, 4.69) is 35.7 Å². The molecular formula is C22H37N5O2S. The summed E-state index contributed by atoms with van der Waals surface area (Å²) in [6.45, 7) is 13.9. The number of amides is 1. The number of nitrogens with one attached hydrogen (secondary N) is 1. The topological polar surface area (TPSA) is 62.6 Å². The van der Waals surface area contributed by atoms with Crippen molar-refractivity contribution in [1.82, 2.24) is 24.9 Å². The fraction of sp³-hybridized carbons (Fsp3) is 0.818. The van der Waals surface area contributed by atoms with E-state index in [4.69, 9.17) is 9.84 Å². The molecule has 1 atom stereocenters. The molecule has 2 saturated heterocycles. The van der Waals surface area contributed by atoms with Crippen molar-refractivity contribution in [2.24, 2.45) is 0 Å². The van der Waals surface area contributed by atoms with Gasteiger partial charge in [-0.05, 0) is 40.0 Å². The zero-order valence-electron chi connectivity index (χ0n) is 18.8. The Kier molecular flexibility index (Phi) is 7.07. The van der Waals surface area contributed by atoms with Crippen LogP contribution in [0.5, 0.6) is 0 Å². The van der Waals surface area contributed by atoms with E-state index in [9.17, 15) is 4.79 Å². The number of fused-ring (bicyclic) bond motifs is 1. The van der Waals surface area contributed by atoms with E-state index < -0.39 is 0 Å². The van der Waals surface area contributed by atoms with Crippen molar-refractivity contribution in [3.63, 3.8) is 0 Å². The summed E-state index contributed by atoms with van der Waals surface area (Å²) in [5.41, 5.74) is 3.27. The van der Waals surface area contributed by atoms with Crippen LogP contribution in [0.4, 0.5) is 0 Å². The number of hydrogen-bond donors (Lipinski definition) is 1. The molecule has 2 aliphatic heterocycles. The third-order valence-corrected chi connectivity index (χ3v) is 7.78. The number of carbonyl (C=O) groups excluding carboxylic acids is 1. The highest BCUT2D eigenvalue weighted by Crippen LogP contribution is 2.27. The molecular weight excluding hydrogens is 398 g/mol. The van der Waals surface area contributed by atoms with E-state index in [-0.39, 0.29) is 11.4 Å². The van der Waals surface area contributed by atoms with Gasteiger partial charge in [0.2, 0.25) is 0 Å². The maximum absolute atomic E-state index is 13.2. The number of morpholine rings is 1. The van der Waals surface area contributed by atoms with Crippen LogP contribution >= 0.6 is 11.8 Å². The summed E-state index contributed by atoms with van der Waals surface area (Å²) in [6, 6.07) is 0.399. The summed E-state index contributed by atoms with van der Waals surface area (Å²) in [6.07, 6.45) is 3.00. The van der Waals surface area contributed by atoms with E-state index >= 15 is 0 Å². The Labute approximate surface area is 184 Å². The lowest BCUT2D eigenvalue weighted by Gasteiger charge is -2.42. The fourth-order valence-corrected chi connectivity index (χ4v) is 5.79. The highest BCUT2D eigenvalue weighted by Gasteiger charge is 2.33. The van der Waals surface area contributed by atoms with Gasteiger partial charge in [0.1, 0.15) is 0 Å². The van der Waals surface area contributed by atoms with Gasteiger partial charge in [0.15, 0.2) is 5.69 Å². The van der Waals surface area contributed by atoms with Gasteiger partial charge in [-0.1, -0.05) is 0 Å². The molecule has 168 valence electrons. The standard InChI is InChI=1S/C22H37N5O2S/c1-4-27-19-6-5-17(23-16-22(2,3)26-7-11-29-12-8-26)15-18(19)20(24-27)21(28)25-9-13-30-14-10-25/h17,23H,4-16H2,1-3H3/t17-/m0/s1. The number of thioether (sulfide) groups is 1. The minimum atomic E-state index is 0.0990. The van der Waals surface area contributed by atoms with E-state index in [0.717, 1.165) is 83.3 Å². The first-order valence-corrected chi connectivity index (χ1v) is 12.7. The van der Waals surface area contributed by atoms with Crippen LogP contribution < -0.4 is 5.32 Å². The lowest BCUT2D eigenvalue weighted by molar-refractivity contribution is -0.0104. The molecule has 0 radical (unpaired) electrons. The highest BCUT2D eigenvalue weighted by atomic mass is 32.2. The molecule has 30 heavy (non-hydrogen) atoms. The van der Waals surface area contributed by atoms with Gasteiger partial charge in [0.05, 0.1) is 13.2 Å². The Morgan fingerprint density at radius 3 is 2.67 bits per heavy atom. The number of nitrogens with zero attached hydrogens (tertiary/aromatic N) is 4. The number of rotatable bonds is 6. The number of ether oxygens (including phenoxy) is 1. The minimum Gasteiger partial charge on any atom is -0.379 e. The molecule has 1 N–H and O–H groups in total. The van der Waals surface area contributed by atoms with Crippen LogP contribution in [0.2, 0.25) is 0 Å². The highest BCUT2D eigenvalue weighted by molar-refractivity contribution is 7.99. The predicted molar refractivity (Wildman–Crippen MR) is 121 cm³/mol. The molecule has 1 amide bonds. The average molecular weight is 436 g/mol. The quantitative estimate of drug-likeness (QED) is 0.733. The van der Waals surface area contributed by atoms with E-state index in [1.807, 2.05) is 16.7 Å². The SMILES string of the molecule is CCn1nc(C(=O)N2CCSCC2)c2c1CC[C@H](NCC(C)(C)N1CCOCC1)C2. The molecule has 2 fully saturated rings. The van der Waals surface area contributed by atoms with Gasteiger partial charge >= 0.3 is 0 Å². The molecule has 1 aromatic rings. The zero-order valence-corrected chi connectivity index (χ0v) is 19.6. The molecule has 0 saturated carbocycles. The molecule has 7 nitrogen and oxygen atoms in total. The van der Waals surface area contributed by atoms with Crippen molar-refractivity contribution in [2.75, 3.05) is 57.4 Å². The van der Waals surface area contributed by atoms with Crippen LogP contribution in [-0.2, 0) is 24.1 Å². The lowest BCUT2D eigenvalue weighted by atomic mass is 9.90. The van der Waals surface area contributed by atoms with E-state index in [1.54, 1.807) is 0 Å².